The first-order chi connectivity index (χ1) is 9.97. The highest BCUT2D eigenvalue weighted by Gasteiger charge is 2.15. The minimum Gasteiger partial charge on any atom is -0.351 e. The molecule has 7 heteroatoms. The number of aromatic nitrogens is 3. The molecule has 0 aliphatic carbocycles. The van der Waals surface area contributed by atoms with Gasteiger partial charge < -0.3 is 20.9 Å². The number of rotatable bonds is 5. The number of primary amides is 1. The van der Waals surface area contributed by atoms with Crippen LogP contribution in [0, 0.1) is 0 Å². The maximum Gasteiger partial charge on any atom is 0.316 e. The van der Waals surface area contributed by atoms with E-state index in [0.717, 1.165) is 11.4 Å². The Hall–Kier alpha value is -2.41. The molecule has 0 spiro atoms. The maximum absolute atomic E-state index is 10.8. The Morgan fingerprint density at radius 1 is 1.24 bits per heavy atom. The number of urea groups is 1. The first kappa shape index (κ1) is 15.0. The molecule has 2 aromatic rings. The summed E-state index contributed by atoms with van der Waals surface area (Å²) in [7, 11) is 1.92. The lowest BCUT2D eigenvalue weighted by molar-refractivity contribution is 0.259. The van der Waals surface area contributed by atoms with Crippen LogP contribution in [0.1, 0.15) is 37.3 Å². The maximum atomic E-state index is 10.8. The summed E-state index contributed by atoms with van der Waals surface area (Å²) in [4.78, 5) is 10.8. The van der Waals surface area contributed by atoms with Crippen LogP contribution in [0.5, 0.6) is 0 Å². The van der Waals surface area contributed by atoms with Gasteiger partial charge in [0.15, 0.2) is 0 Å². The fourth-order valence-electron chi connectivity index (χ4n) is 2.23. The van der Waals surface area contributed by atoms with Gasteiger partial charge in [0.2, 0.25) is 0 Å². The molecule has 0 saturated heterocycles. The summed E-state index contributed by atoms with van der Waals surface area (Å²) in [5.41, 5.74) is 6.87. The Labute approximate surface area is 123 Å². The number of carbonyl (C=O) groups excluding carboxylic acids is 1. The quantitative estimate of drug-likeness (QED) is 0.780. The fourth-order valence-corrected chi connectivity index (χ4v) is 2.23. The van der Waals surface area contributed by atoms with Crippen molar-refractivity contribution >= 4 is 11.7 Å². The van der Waals surface area contributed by atoms with Crippen molar-refractivity contribution in [1.82, 2.24) is 20.1 Å². The Balaban J connectivity index is 2.01. The minimum absolute atomic E-state index is 0.0796. The first-order valence-electron chi connectivity index (χ1n) is 6.73. The highest BCUT2D eigenvalue weighted by atomic mass is 16.2. The predicted molar refractivity (Wildman–Crippen MR) is 80.6 cm³/mol. The van der Waals surface area contributed by atoms with Crippen LogP contribution >= 0.6 is 0 Å². The van der Waals surface area contributed by atoms with Crippen molar-refractivity contribution in [3.05, 3.63) is 42.0 Å². The molecule has 2 unspecified atom stereocenters. The molecule has 1 heterocycles. The van der Waals surface area contributed by atoms with Crippen LogP contribution in [0.4, 0.5) is 10.5 Å². The predicted octanol–water partition coefficient (Wildman–Crippen LogP) is 1.72. The standard InChI is InChI=1S/C14H20N6O/c1-9(17-10(2)13-19-16-8-20(13)3)11-4-6-12(7-5-11)18-14(15)21/h4-10,17H,1-3H3,(H3,15,18,21). The zero-order valence-corrected chi connectivity index (χ0v) is 12.4. The largest absolute Gasteiger partial charge is 0.351 e. The van der Waals surface area contributed by atoms with Gasteiger partial charge >= 0.3 is 6.03 Å². The van der Waals surface area contributed by atoms with Crippen LogP contribution in [-0.2, 0) is 7.05 Å². The number of nitrogens with two attached hydrogens (primary N) is 1. The molecule has 2 amide bonds. The third-order valence-electron chi connectivity index (χ3n) is 3.31. The summed E-state index contributed by atoms with van der Waals surface area (Å²) < 4.78 is 1.89. The summed E-state index contributed by atoms with van der Waals surface area (Å²) in [6.45, 7) is 4.12. The second kappa shape index (κ2) is 6.36. The molecule has 7 nitrogen and oxygen atoms in total. The molecule has 1 aromatic heterocycles. The van der Waals surface area contributed by atoms with E-state index < -0.39 is 6.03 Å². The third-order valence-corrected chi connectivity index (χ3v) is 3.31. The molecule has 4 N–H and O–H groups in total. The van der Waals surface area contributed by atoms with E-state index in [-0.39, 0.29) is 12.1 Å². The highest BCUT2D eigenvalue weighted by molar-refractivity contribution is 5.87. The van der Waals surface area contributed by atoms with Gasteiger partial charge in [-0.15, -0.1) is 10.2 Å². The summed E-state index contributed by atoms with van der Waals surface area (Å²) in [6, 6.07) is 7.20. The van der Waals surface area contributed by atoms with Crippen LogP contribution in [0.3, 0.4) is 0 Å². The monoisotopic (exact) mass is 288 g/mol. The minimum atomic E-state index is -0.565. The molecule has 112 valence electrons. The summed E-state index contributed by atoms with van der Waals surface area (Å²) >= 11 is 0. The van der Waals surface area contributed by atoms with Crippen LogP contribution in [0.25, 0.3) is 0 Å². The van der Waals surface area contributed by atoms with Gasteiger partial charge in [-0.05, 0) is 31.5 Å². The van der Waals surface area contributed by atoms with E-state index in [2.05, 4.69) is 27.8 Å². The fraction of sp³-hybridized carbons (Fsp3) is 0.357. The SMILES string of the molecule is CC(NC(C)c1nncn1C)c1ccc(NC(N)=O)cc1. The lowest BCUT2D eigenvalue weighted by atomic mass is 10.1. The molecule has 2 atom stereocenters. The second-order valence-corrected chi connectivity index (χ2v) is 5.02. The van der Waals surface area contributed by atoms with Crippen molar-refractivity contribution in [1.29, 1.82) is 0 Å². The number of benzene rings is 1. The molecule has 0 aliphatic heterocycles. The average molecular weight is 288 g/mol. The van der Waals surface area contributed by atoms with E-state index in [1.54, 1.807) is 6.33 Å². The Kier molecular flexibility index (Phi) is 4.54. The number of hydrogen-bond acceptors (Lipinski definition) is 4. The normalized spacial score (nSPS) is 13.7. The smallest absolute Gasteiger partial charge is 0.316 e. The Morgan fingerprint density at radius 3 is 2.43 bits per heavy atom. The van der Waals surface area contributed by atoms with Gasteiger partial charge in [0.25, 0.3) is 0 Å². The Morgan fingerprint density at radius 2 is 1.90 bits per heavy atom. The van der Waals surface area contributed by atoms with Gasteiger partial charge in [0.1, 0.15) is 12.2 Å². The second-order valence-electron chi connectivity index (χ2n) is 5.02. The molecule has 1 aromatic carbocycles. The van der Waals surface area contributed by atoms with E-state index in [0.29, 0.717) is 5.69 Å². The number of hydrogen-bond donors (Lipinski definition) is 3. The Bertz CT molecular complexity index is 606. The summed E-state index contributed by atoms with van der Waals surface area (Å²) in [6.07, 6.45) is 1.68. The van der Waals surface area contributed by atoms with Gasteiger partial charge in [0, 0.05) is 18.8 Å². The van der Waals surface area contributed by atoms with Crippen LogP contribution in [0.2, 0.25) is 0 Å². The number of nitrogens with zero attached hydrogens (tertiary/aromatic N) is 3. The summed E-state index contributed by atoms with van der Waals surface area (Å²) in [5.74, 6) is 0.883. The van der Waals surface area contributed by atoms with Crippen molar-refractivity contribution in [3.8, 4) is 0 Å². The number of aryl methyl sites for hydroxylation is 1. The molecule has 21 heavy (non-hydrogen) atoms. The first-order valence-corrected chi connectivity index (χ1v) is 6.73. The molecule has 0 bridgehead atoms. The summed E-state index contributed by atoms with van der Waals surface area (Å²) in [5, 5.41) is 14.0. The van der Waals surface area contributed by atoms with Crippen LogP contribution in [0.15, 0.2) is 30.6 Å². The lowest BCUT2D eigenvalue weighted by Crippen LogP contribution is -2.24. The van der Waals surface area contributed by atoms with Gasteiger partial charge in [-0.2, -0.15) is 0 Å². The topological polar surface area (TPSA) is 97.9 Å². The van der Waals surface area contributed by atoms with Gasteiger partial charge in [-0.3, -0.25) is 0 Å². The van der Waals surface area contributed by atoms with E-state index in [1.165, 1.54) is 0 Å². The molecule has 0 radical (unpaired) electrons. The van der Waals surface area contributed by atoms with E-state index >= 15 is 0 Å². The highest BCUT2D eigenvalue weighted by Crippen LogP contribution is 2.19. The lowest BCUT2D eigenvalue weighted by Gasteiger charge is -2.20. The van der Waals surface area contributed by atoms with Gasteiger partial charge in [-0.25, -0.2) is 4.79 Å². The van der Waals surface area contributed by atoms with Crippen molar-refractivity contribution in [2.24, 2.45) is 12.8 Å². The average Bonchev–Trinajstić information content (AvgIpc) is 2.85. The van der Waals surface area contributed by atoms with Crippen LogP contribution in [-0.4, -0.2) is 20.8 Å². The van der Waals surface area contributed by atoms with Crippen molar-refractivity contribution in [2.45, 2.75) is 25.9 Å². The number of anilines is 1. The molecular weight excluding hydrogens is 268 g/mol. The number of carbonyl (C=O) groups is 1. The van der Waals surface area contributed by atoms with E-state index in [9.17, 15) is 4.79 Å². The van der Waals surface area contributed by atoms with Crippen LogP contribution < -0.4 is 16.4 Å². The molecule has 0 aliphatic rings. The number of nitrogens with one attached hydrogen (secondary N) is 2. The van der Waals surface area contributed by atoms with Gasteiger partial charge in [0.05, 0.1) is 6.04 Å². The molecule has 2 rings (SSSR count). The molecule has 0 saturated carbocycles. The van der Waals surface area contributed by atoms with E-state index in [4.69, 9.17) is 5.73 Å². The molecular formula is C14H20N6O. The zero-order valence-electron chi connectivity index (χ0n) is 12.4. The van der Waals surface area contributed by atoms with Crippen molar-refractivity contribution < 1.29 is 4.79 Å². The van der Waals surface area contributed by atoms with Crippen molar-refractivity contribution in [2.75, 3.05) is 5.32 Å². The number of amides is 2. The van der Waals surface area contributed by atoms with Crippen molar-refractivity contribution in [3.63, 3.8) is 0 Å². The van der Waals surface area contributed by atoms with E-state index in [1.807, 2.05) is 42.8 Å². The zero-order chi connectivity index (χ0) is 15.4. The third kappa shape index (κ3) is 3.79. The van der Waals surface area contributed by atoms with Gasteiger partial charge in [-0.1, -0.05) is 12.1 Å². The molecule has 0 fully saturated rings.